The van der Waals surface area contributed by atoms with Crippen molar-refractivity contribution in [2.24, 2.45) is 5.92 Å². The molecule has 0 unspecified atom stereocenters. The number of nitrogens with zero attached hydrogens (tertiary/aromatic N) is 1. The zero-order valence-corrected chi connectivity index (χ0v) is 12.5. The summed E-state index contributed by atoms with van der Waals surface area (Å²) in [5.41, 5.74) is 1.25. The molecule has 0 saturated carbocycles. The summed E-state index contributed by atoms with van der Waals surface area (Å²) in [6.45, 7) is 2.98. The molecule has 1 saturated heterocycles. The molecule has 1 aromatic rings. The van der Waals surface area contributed by atoms with E-state index in [0.717, 1.165) is 32.0 Å². The number of rotatable bonds is 6. The first-order valence-electron chi connectivity index (χ1n) is 7.76. The van der Waals surface area contributed by atoms with Crippen molar-refractivity contribution in [2.75, 3.05) is 26.7 Å². The van der Waals surface area contributed by atoms with E-state index in [9.17, 15) is 4.79 Å². The van der Waals surface area contributed by atoms with Gasteiger partial charge in [-0.3, -0.25) is 4.79 Å². The molecule has 110 valence electrons. The van der Waals surface area contributed by atoms with Gasteiger partial charge in [0.1, 0.15) is 0 Å². The number of likely N-dealkylation sites (tertiary alicyclic amines) is 1. The minimum absolute atomic E-state index is 0.320. The number of aryl methyl sites for hydroxylation is 1. The molecule has 20 heavy (non-hydrogen) atoms. The van der Waals surface area contributed by atoms with E-state index in [4.69, 9.17) is 0 Å². The molecule has 2 rings (SSSR count). The molecule has 1 fully saturated rings. The zero-order valence-electron chi connectivity index (χ0n) is 12.5. The van der Waals surface area contributed by atoms with Crippen LogP contribution in [0.2, 0.25) is 0 Å². The van der Waals surface area contributed by atoms with Crippen LogP contribution in [0.3, 0.4) is 0 Å². The minimum Gasteiger partial charge on any atom is -0.343 e. The molecule has 1 amide bonds. The van der Waals surface area contributed by atoms with E-state index in [1.807, 2.05) is 25.2 Å². The fraction of sp³-hybridized carbons (Fsp3) is 0.588. The van der Waals surface area contributed by atoms with Crippen molar-refractivity contribution in [1.29, 1.82) is 0 Å². The van der Waals surface area contributed by atoms with Gasteiger partial charge in [0, 0.05) is 19.5 Å². The molecule has 0 bridgehead atoms. The van der Waals surface area contributed by atoms with Crippen LogP contribution in [0.5, 0.6) is 0 Å². The Kier molecular flexibility index (Phi) is 6.06. The Balaban J connectivity index is 1.69. The predicted molar refractivity (Wildman–Crippen MR) is 82.6 cm³/mol. The molecule has 1 aliphatic rings. The lowest BCUT2D eigenvalue weighted by Crippen LogP contribution is -2.39. The third-order valence-corrected chi connectivity index (χ3v) is 4.24. The van der Waals surface area contributed by atoms with Gasteiger partial charge in [-0.1, -0.05) is 30.3 Å². The number of nitrogens with one attached hydrogen (secondary N) is 1. The molecule has 0 atom stereocenters. The predicted octanol–water partition coefficient (Wildman–Crippen LogP) is 2.47. The molecule has 1 heterocycles. The van der Waals surface area contributed by atoms with Crippen molar-refractivity contribution < 1.29 is 4.79 Å². The number of hydrogen-bond donors (Lipinski definition) is 1. The van der Waals surface area contributed by atoms with Crippen molar-refractivity contribution in [3.63, 3.8) is 0 Å². The SMILES string of the molecule is CNCCC1CCN(C(=O)CCc2ccccc2)CC1. The van der Waals surface area contributed by atoms with Crippen LogP contribution >= 0.6 is 0 Å². The van der Waals surface area contributed by atoms with Gasteiger partial charge >= 0.3 is 0 Å². The molecule has 3 nitrogen and oxygen atoms in total. The van der Waals surface area contributed by atoms with Gasteiger partial charge in [0.2, 0.25) is 5.91 Å². The number of benzene rings is 1. The Hall–Kier alpha value is -1.35. The number of piperidine rings is 1. The summed E-state index contributed by atoms with van der Waals surface area (Å²) in [5.74, 6) is 1.11. The summed E-state index contributed by atoms with van der Waals surface area (Å²) in [6, 6.07) is 10.3. The van der Waals surface area contributed by atoms with E-state index in [0.29, 0.717) is 12.3 Å². The van der Waals surface area contributed by atoms with Crippen LogP contribution in [0.1, 0.15) is 31.2 Å². The summed E-state index contributed by atoms with van der Waals surface area (Å²) < 4.78 is 0. The molecule has 1 N–H and O–H groups in total. The molecular formula is C17H26N2O. The second-order valence-electron chi connectivity index (χ2n) is 5.70. The molecule has 0 aromatic heterocycles. The minimum atomic E-state index is 0.320. The van der Waals surface area contributed by atoms with Crippen molar-refractivity contribution in [3.8, 4) is 0 Å². The molecule has 1 aliphatic heterocycles. The summed E-state index contributed by atoms with van der Waals surface area (Å²) in [7, 11) is 2.00. The van der Waals surface area contributed by atoms with Crippen LogP contribution in [0.4, 0.5) is 0 Å². The first-order chi connectivity index (χ1) is 9.79. The van der Waals surface area contributed by atoms with Crippen LogP contribution < -0.4 is 5.32 Å². The van der Waals surface area contributed by atoms with Gasteiger partial charge in [-0.2, -0.15) is 0 Å². The van der Waals surface area contributed by atoms with E-state index >= 15 is 0 Å². The molecule has 0 radical (unpaired) electrons. The van der Waals surface area contributed by atoms with Crippen LogP contribution in [-0.2, 0) is 11.2 Å². The Morgan fingerprint density at radius 3 is 2.60 bits per heavy atom. The van der Waals surface area contributed by atoms with Gasteiger partial charge in [0.15, 0.2) is 0 Å². The molecule has 0 spiro atoms. The molecule has 0 aliphatic carbocycles. The zero-order chi connectivity index (χ0) is 14.2. The summed E-state index contributed by atoms with van der Waals surface area (Å²) in [4.78, 5) is 14.3. The molecule has 1 aromatic carbocycles. The maximum Gasteiger partial charge on any atom is 0.222 e. The Bertz CT molecular complexity index is 397. The van der Waals surface area contributed by atoms with Crippen molar-refractivity contribution >= 4 is 5.91 Å². The van der Waals surface area contributed by atoms with E-state index in [1.54, 1.807) is 0 Å². The Morgan fingerprint density at radius 1 is 1.25 bits per heavy atom. The van der Waals surface area contributed by atoms with E-state index < -0.39 is 0 Å². The average molecular weight is 274 g/mol. The smallest absolute Gasteiger partial charge is 0.222 e. The average Bonchev–Trinajstić information content (AvgIpc) is 2.52. The fourth-order valence-electron chi connectivity index (χ4n) is 2.87. The third kappa shape index (κ3) is 4.64. The van der Waals surface area contributed by atoms with Crippen molar-refractivity contribution in [2.45, 2.75) is 32.1 Å². The highest BCUT2D eigenvalue weighted by Gasteiger charge is 2.21. The van der Waals surface area contributed by atoms with Crippen LogP contribution in [0.15, 0.2) is 30.3 Å². The highest BCUT2D eigenvalue weighted by molar-refractivity contribution is 5.76. The number of carbonyl (C=O) groups is 1. The summed E-state index contributed by atoms with van der Waals surface area (Å²) in [6.07, 6.45) is 5.07. The van der Waals surface area contributed by atoms with Crippen molar-refractivity contribution in [1.82, 2.24) is 10.2 Å². The standard InChI is InChI=1S/C17H26N2O/c1-18-12-9-16-10-13-19(14-11-16)17(20)8-7-15-5-3-2-4-6-15/h2-6,16,18H,7-14H2,1H3. The van der Waals surface area contributed by atoms with E-state index in [2.05, 4.69) is 22.3 Å². The first kappa shape index (κ1) is 15.0. The van der Waals surface area contributed by atoms with Crippen LogP contribution in [-0.4, -0.2) is 37.5 Å². The summed E-state index contributed by atoms with van der Waals surface area (Å²) in [5, 5.41) is 3.21. The lowest BCUT2D eigenvalue weighted by Gasteiger charge is -2.32. The van der Waals surface area contributed by atoms with Gasteiger partial charge in [0.05, 0.1) is 0 Å². The fourth-order valence-corrected chi connectivity index (χ4v) is 2.87. The van der Waals surface area contributed by atoms with Gasteiger partial charge in [-0.05, 0) is 50.8 Å². The van der Waals surface area contributed by atoms with Gasteiger partial charge in [-0.15, -0.1) is 0 Å². The normalized spacial score (nSPS) is 16.4. The second kappa shape index (κ2) is 8.05. The van der Waals surface area contributed by atoms with Gasteiger partial charge in [-0.25, -0.2) is 0 Å². The van der Waals surface area contributed by atoms with Crippen molar-refractivity contribution in [3.05, 3.63) is 35.9 Å². The third-order valence-electron chi connectivity index (χ3n) is 4.24. The van der Waals surface area contributed by atoms with E-state index in [1.165, 1.54) is 24.8 Å². The Morgan fingerprint density at radius 2 is 1.95 bits per heavy atom. The number of hydrogen-bond acceptors (Lipinski definition) is 2. The highest BCUT2D eigenvalue weighted by Crippen LogP contribution is 2.20. The maximum absolute atomic E-state index is 12.2. The quantitative estimate of drug-likeness (QED) is 0.864. The topological polar surface area (TPSA) is 32.3 Å². The largest absolute Gasteiger partial charge is 0.343 e. The second-order valence-corrected chi connectivity index (χ2v) is 5.70. The lowest BCUT2D eigenvalue weighted by atomic mass is 9.93. The molecule has 3 heteroatoms. The highest BCUT2D eigenvalue weighted by atomic mass is 16.2. The van der Waals surface area contributed by atoms with Gasteiger partial charge in [0.25, 0.3) is 0 Å². The number of amides is 1. The number of carbonyl (C=O) groups excluding carboxylic acids is 1. The summed E-state index contributed by atoms with van der Waals surface area (Å²) >= 11 is 0. The Labute approximate surface area is 122 Å². The van der Waals surface area contributed by atoms with Crippen LogP contribution in [0, 0.1) is 5.92 Å². The molecular weight excluding hydrogens is 248 g/mol. The van der Waals surface area contributed by atoms with Gasteiger partial charge < -0.3 is 10.2 Å². The van der Waals surface area contributed by atoms with E-state index in [-0.39, 0.29) is 0 Å². The monoisotopic (exact) mass is 274 g/mol. The van der Waals surface area contributed by atoms with Crippen LogP contribution in [0.25, 0.3) is 0 Å². The maximum atomic E-state index is 12.2. The first-order valence-corrected chi connectivity index (χ1v) is 7.76. The lowest BCUT2D eigenvalue weighted by molar-refractivity contribution is -0.132.